The van der Waals surface area contributed by atoms with Crippen molar-refractivity contribution in [1.82, 2.24) is 20.5 Å². The number of nitrogens with one attached hydrogen (secondary N) is 2. The highest BCUT2D eigenvalue weighted by atomic mass is 15.2. The van der Waals surface area contributed by atoms with E-state index < -0.39 is 0 Å². The van der Waals surface area contributed by atoms with Gasteiger partial charge >= 0.3 is 0 Å². The fourth-order valence-corrected chi connectivity index (χ4v) is 3.15. The third-order valence-corrected chi connectivity index (χ3v) is 4.60. The lowest BCUT2D eigenvalue weighted by Gasteiger charge is -2.29. The van der Waals surface area contributed by atoms with Gasteiger partial charge in [-0.25, -0.2) is 0 Å². The van der Waals surface area contributed by atoms with Crippen molar-refractivity contribution in [3.8, 4) is 0 Å². The average molecular weight is 368 g/mol. The quantitative estimate of drug-likeness (QED) is 0.500. The molecule has 0 fully saturated rings. The first kappa shape index (κ1) is 20.9. The van der Waals surface area contributed by atoms with Gasteiger partial charge in [0.15, 0.2) is 5.96 Å². The van der Waals surface area contributed by atoms with E-state index in [1.54, 1.807) is 0 Å². The summed E-state index contributed by atoms with van der Waals surface area (Å²) in [4.78, 5) is 11.7. The van der Waals surface area contributed by atoms with E-state index in [2.05, 4.69) is 77.7 Å². The van der Waals surface area contributed by atoms with Crippen LogP contribution >= 0.6 is 0 Å². The normalized spacial score (nSPS) is 12.8. The van der Waals surface area contributed by atoms with Crippen LogP contribution in [0, 0.1) is 0 Å². The Morgan fingerprint density at radius 3 is 2.37 bits per heavy atom. The summed E-state index contributed by atoms with van der Waals surface area (Å²) in [6.07, 6.45) is 2.71. The number of hydrogen-bond acceptors (Lipinski definition) is 3. The zero-order chi connectivity index (χ0) is 19.3. The predicted octanol–water partition coefficient (Wildman–Crippen LogP) is 3.26. The lowest BCUT2D eigenvalue weighted by molar-refractivity contribution is 0.224. The zero-order valence-electron chi connectivity index (χ0n) is 16.9. The Balaban J connectivity index is 2.02. The van der Waals surface area contributed by atoms with E-state index in [0.29, 0.717) is 0 Å². The number of likely N-dealkylation sites (N-methyl/N-ethyl adjacent to an activating group) is 1. The van der Waals surface area contributed by atoms with E-state index in [9.17, 15) is 0 Å². The maximum Gasteiger partial charge on any atom is 0.191 e. The second kappa shape index (κ2) is 12.1. The minimum Gasteiger partial charge on any atom is -0.357 e. The van der Waals surface area contributed by atoms with E-state index in [1.165, 1.54) is 5.56 Å². The van der Waals surface area contributed by atoms with E-state index in [1.807, 2.05) is 18.3 Å². The molecule has 0 radical (unpaired) electrons. The fraction of sp³-hybridized carbons (Fsp3) is 0.455. The lowest BCUT2D eigenvalue weighted by Crippen LogP contribution is -2.39. The summed E-state index contributed by atoms with van der Waals surface area (Å²) in [5, 5.41) is 6.78. The highest BCUT2D eigenvalue weighted by Crippen LogP contribution is 2.20. The van der Waals surface area contributed by atoms with Crippen LogP contribution in [0.4, 0.5) is 0 Å². The van der Waals surface area contributed by atoms with Gasteiger partial charge in [0.1, 0.15) is 0 Å². The molecule has 1 heterocycles. The molecule has 1 unspecified atom stereocenters. The Kier molecular flexibility index (Phi) is 9.35. The topological polar surface area (TPSA) is 52.6 Å². The van der Waals surface area contributed by atoms with Gasteiger partial charge in [-0.05, 0) is 37.7 Å². The number of rotatable bonds is 10. The first-order valence-electron chi connectivity index (χ1n) is 9.99. The summed E-state index contributed by atoms with van der Waals surface area (Å²) in [6, 6.07) is 17.0. The van der Waals surface area contributed by atoms with Crippen molar-refractivity contribution < 1.29 is 0 Å². The van der Waals surface area contributed by atoms with E-state index in [4.69, 9.17) is 4.99 Å². The van der Waals surface area contributed by atoms with Gasteiger partial charge < -0.3 is 10.6 Å². The maximum atomic E-state index is 4.87. The smallest absolute Gasteiger partial charge is 0.191 e. The van der Waals surface area contributed by atoms with Crippen LogP contribution in [0.2, 0.25) is 0 Å². The van der Waals surface area contributed by atoms with Gasteiger partial charge in [0.05, 0.1) is 12.6 Å². The highest BCUT2D eigenvalue weighted by Gasteiger charge is 2.17. The van der Waals surface area contributed by atoms with Gasteiger partial charge in [-0.2, -0.15) is 0 Å². The Bertz CT molecular complexity index is 653. The molecule has 146 valence electrons. The third kappa shape index (κ3) is 7.02. The molecule has 0 spiro atoms. The summed E-state index contributed by atoms with van der Waals surface area (Å²) < 4.78 is 0. The molecule has 2 N–H and O–H groups in total. The van der Waals surface area contributed by atoms with Crippen molar-refractivity contribution in [2.75, 3.05) is 32.7 Å². The van der Waals surface area contributed by atoms with Crippen LogP contribution in [-0.4, -0.2) is 48.6 Å². The molecule has 0 bridgehead atoms. The van der Waals surface area contributed by atoms with Gasteiger partial charge in [0.25, 0.3) is 0 Å². The van der Waals surface area contributed by atoms with Crippen LogP contribution in [0.5, 0.6) is 0 Å². The monoisotopic (exact) mass is 367 g/mol. The van der Waals surface area contributed by atoms with Crippen LogP contribution in [0.25, 0.3) is 0 Å². The van der Waals surface area contributed by atoms with Crippen molar-refractivity contribution in [2.24, 2.45) is 4.99 Å². The number of aliphatic imine (C=N–C) groups is 1. The SMILES string of the molecule is CCNC(=NCC(c1ccccc1)N(CC)CC)NCCc1ccccn1. The fourth-order valence-electron chi connectivity index (χ4n) is 3.15. The Morgan fingerprint density at radius 2 is 1.74 bits per heavy atom. The van der Waals surface area contributed by atoms with Gasteiger partial charge in [-0.15, -0.1) is 0 Å². The number of nitrogens with zero attached hydrogens (tertiary/aromatic N) is 3. The molecule has 1 aromatic heterocycles. The van der Waals surface area contributed by atoms with Crippen molar-refractivity contribution in [3.63, 3.8) is 0 Å². The van der Waals surface area contributed by atoms with E-state index in [-0.39, 0.29) is 6.04 Å². The molecule has 1 atom stereocenters. The molecule has 0 aliphatic carbocycles. The van der Waals surface area contributed by atoms with Crippen LogP contribution in [0.15, 0.2) is 59.7 Å². The van der Waals surface area contributed by atoms with Crippen LogP contribution in [0.1, 0.15) is 38.1 Å². The molecule has 5 heteroatoms. The Labute approximate surface area is 163 Å². The van der Waals surface area contributed by atoms with Crippen LogP contribution in [0.3, 0.4) is 0 Å². The molecular weight excluding hydrogens is 334 g/mol. The van der Waals surface area contributed by atoms with Crippen LogP contribution in [-0.2, 0) is 6.42 Å². The highest BCUT2D eigenvalue weighted by molar-refractivity contribution is 5.79. The van der Waals surface area contributed by atoms with Gasteiger partial charge in [0, 0.05) is 31.4 Å². The summed E-state index contributed by atoms with van der Waals surface area (Å²) in [7, 11) is 0. The second-order valence-electron chi connectivity index (χ2n) is 6.37. The number of guanidine groups is 1. The Morgan fingerprint density at radius 1 is 1.00 bits per heavy atom. The Hall–Kier alpha value is -2.40. The minimum atomic E-state index is 0.285. The summed E-state index contributed by atoms with van der Waals surface area (Å²) in [6.45, 7) is 10.9. The molecule has 0 amide bonds. The number of aromatic nitrogens is 1. The molecule has 2 aromatic rings. The van der Waals surface area contributed by atoms with Gasteiger partial charge in [0.2, 0.25) is 0 Å². The van der Waals surface area contributed by atoms with E-state index in [0.717, 1.165) is 50.8 Å². The second-order valence-corrected chi connectivity index (χ2v) is 6.37. The molecule has 2 rings (SSSR count). The van der Waals surface area contributed by atoms with Gasteiger partial charge in [-0.1, -0.05) is 50.2 Å². The maximum absolute atomic E-state index is 4.87. The lowest BCUT2D eigenvalue weighted by atomic mass is 10.1. The average Bonchev–Trinajstić information content (AvgIpc) is 2.72. The zero-order valence-corrected chi connectivity index (χ0v) is 16.9. The minimum absolute atomic E-state index is 0.285. The first-order valence-corrected chi connectivity index (χ1v) is 9.99. The molecule has 0 saturated carbocycles. The first-order chi connectivity index (χ1) is 13.3. The summed E-state index contributed by atoms with van der Waals surface area (Å²) in [5.41, 5.74) is 2.40. The van der Waals surface area contributed by atoms with Crippen LogP contribution < -0.4 is 10.6 Å². The van der Waals surface area contributed by atoms with E-state index >= 15 is 0 Å². The third-order valence-electron chi connectivity index (χ3n) is 4.60. The predicted molar refractivity (Wildman–Crippen MR) is 114 cm³/mol. The molecule has 0 aliphatic rings. The van der Waals surface area contributed by atoms with Crippen molar-refractivity contribution in [1.29, 1.82) is 0 Å². The van der Waals surface area contributed by atoms with Crippen molar-refractivity contribution in [3.05, 3.63) is 66.0 Å². The molecule has 0 aliphatic heterocycles. The molecule has 27 heavy (non-hydrogen) atoms. The number of benzene rings is 1. The van der Waals surface area contributed by atoms with Gasteiger partial charge in [-0.3, -0.25) is 14.9 Å². The van der Waals surface area contributed by atoms with Crippen molar-refractivity contribution in [2.45, 2.75) is 33.2 Å². The summed E-state index contributed by atoms with van der Waals surface area (Å²) >= 11 is 0. The van der Waals surface area contributed by atoms with Crippen molar-refractivity contribution >= 4 is 5.96 Å². The number of pyridine rings is 1. The molecular formula is C22H33N5. The molecule has 5 nitrogen and oxygen atoms in total. The summed E-state index contributed by atoms with van der Waals surface area (Å²) in [5.74, 6) is 0.863. The molecule has 1 aromatic carbocycles. The largest absolute Gasteiger partial charge is 0.357 e. The molecule has 0 saturated heterocycles. The number of hydrogen-bond donors (Lipinski definition) is 2. The standard InChI is InChI=1S/C22H33N5/c1-4-23-22(25-17-15-20-14-10-11-16-24-20)26-18-21(27(5-2)6-3)19-12-8-7-9-13-19/h7-14,16,21H,4-6,15,17-18H2,1-3H3,(H2,23,25,26).